The van der Waals surface area contributed by atoms with Crippen LogP contribution in [-0.4, -0.2) is 36.3 Å². The molecule has 0 spiro atoms. The molecule has 0 aliphatic heterocycles. The molecule has 1 N–H and O–H groups in total. The molecule has 0 aliphatic carbocycles. The number of anilines is 2. The fourth-order valence-corrected chi connectivity index (χ4v) is 1.36. The second-order valence-corrected chi connectivity index (χ2v) is 3.93. The van der Waals surface area contributed by atoms with Crippen molar-refractivity contribution in [3.05, 3.63) is 11.8 Å². The lowest BCUT2D eigenvalue weighted by molar-refractivity contribution is -0.141. The van der Waals surface area contributed by atoms with E-state index in [1.807, 2.05) is 0 Å². The van der Waals surface area contributed by atoms with Crippen LogP contribution in [0.2, 0.25) is 0 Å². The van der Waals surface area contributed by atoms with Gasteiger partial charge in [0.15, 0.2) is 5.69 Å². The van der Waals surface area contributed by atoms with Crippen molar-refractivity contribution in [2.75, 3.05) is 30.4 Å². The molecule has 10 heteroatoms. The molecule has 0 saturated heterocycles. The Hall–Kier alpha value is -1.74. The van der Waals surface area contributed by atoms with Gasteiger partial charge in [0.05, 0.1) is 0 Å². The van der Waals surface area contributed by atoms with E-state index in [4.69, 9.17) is 0 Å². The van der Waals surface area contributed by atoms with Crippen molar-refractivity contribution in [3.8, 4) is 0 Å². The van der Waals surface area contributed by atoms with Crippen molar-refractivity contribution in [1.29, 1.82) is 0 Å². The lowest BCUT2D eigenvalue weighted by Crippen LogP contribution is -2.32. The minimum absolute atomic E-state index is 0.240. The summed E-state index contributed by atoms with van der Waals surface area (Å²) >= 11 is 0. The van der Waals surface area contributed by atoms with Crippen LogP contribution in [-0.2, 0) is 6.18 Å². The third kappa shape index (κ3) is 4.74. The summed E-state index contributed by atoms with van der Waals surface area (Å²) < 4.78 is 74.6. The zero-order chi connectivity index (χ0) is 15.6. The summed E-state index contributed by atoms with van der Waals surface area (Å²) in [6, 6.07) is 0.479. The molecule has 4 nitrogen and oxygen atoms in total. The molecule has 1 aromatic rings. The smallest absolute Gasteiger partial charge is 0.354 e. The molecule has 0 unspecified atom stereocenters. The first-order chi connectivity index (χ1) is 9.03. The van der Waals surface area contributed by atoms with Gasteiger partial charge in [-0.15, -0.1) is 0 Å². The third-order valence-corrected chi connectivity index (χ3v) is 2.15. The molecular formula is C10H12F6N4. The fourth-order valence-electron chi connectivity index (χ4n) is 1.36. The van der Waals surface area contributed by atoms with E-state index in [0.717, 1.165) is 7.05 Å². The van der Waals surface area contributed by atoms with Gasteiger partial charge >= 0.3 is 12.4 Å². The number of aromatic nitrogens is 2. The average molecular weight is 302 g/mol. The second kappa shape index (κ2) is 5.71. The number of rotatable bonds is 4. The molecule has 0 bridgehead atoms. The van der Waals surface area contributed by atoms with Crippen LogP contribution in [0, 0.1) is 0 Å². The Morgan fingerprint density at radius 1 is 1.15 bits per heavy atom. The molecule has 114 valence electrons. The maximum absolute atomic E-state index is 12.6. The Kier molecular flexibility index (Phi) is 4.66. The number of nitrogens with zero attached hydrogens (tertiary/aromatic N) is 3. The monoisotopic (exact) mass is 302 g/mol. The van der Waals surface area contributed by atoms with Crippen LogP contribution in [0.4, 0.5) is 38.1 Å². The lowest BCUT2D eigenvalue weighted by atomic mass is 10.3. The van der Waals surface area contributed by atoms with Crippen molar-refractivity contribution < 1.29 is 26.3 Å². The van der Waals surface area contributed by atoms with Gasteiger partial charge in [0.1, 0.15) is 12.4 Å². The van der Waals surface area contributed by atoms with Gasteiger partial charge in [-0.2, -0.15) is 31.3 Å². The maximum atomic E-state index is 12.6. The molecule has 20 heavy (non-hydrogen) atoms. The summed E-state index contributed by atoms with van der Waals surface area (Å²) in [7, 11) is 1.01. The maximum Gasteiger partial charge on any atom is 0.433 e. The molecule has 1 heterocycles. The van der Waals surface area contributed by atoms with Gasteiger partial charge in [0.25, 0.3) is 0 Å². The first-order valence-electron chi connectivity index (χ1n) is 5.51. The van der Waals surface area contributed by atoms with E-state index in [2.05, 4.69) is 15.3 Å². The normalized spacial score (nSPS) is 12.4. The minimum Gasteiger partial charge on any atom is -0.354 e. The quantitative estimate of drug-likeness (QED) is 0.868. The van der Waals surface area contributed by atoms with Crippen LogP contribution >= 0.6 is 0 Å². The van der Waals surface area contributed by atoms with Gasteiger partial charge in [0, 0.05) is 19.7 Å². The number of nitrogens with one attached hydrogen (secondary N) is 1. The van der Waals surface area contributed by atoms with E-state index >= 15 is 0 Å². The highest BCUT2D eigenvalue weighted by Crippen LogP contribution is 2.31. The van der Waals surface area contributed by atoms with Crippen LogP contribution < -0.4 is 10.2 Å². The Bertz CT molecular complexity index is 456. The highest BCUT2D eigenvalue weighted by atomic mass is 19.4. The summed E-state index contributed by atoms with van der Waals surface area (Å²) in [4.78, 5) is 7.42. The van der Waals surface area contributed by atoms with Gasteiger partial charge in [-0.05, 0) is 6.92 Å². The summed E-state index contributed by atoms with van der Waals surface area (Å²) in [6.45, 7) is 0.430. The first-order valence-corrected chi connectivity index (χ1v) is 5.51. The van der Waals surface area contributed by atoms with E-state index in [-0.39, 0.29) is 12.5 Å². The van der Waals surface area contributed by atoms with Crippen LogP contribution in [0.15, 0.2) is 6.07 Å². The second-order valence-electron chi connectivity index (χ2n) is 3.93. The Balaban J connectivity index is 3.15. The van der Waals surface area contributed by atoms with Gasteiger partial charge in [-0.3, -0.25) is 0 Å². The van der Waals surface area contributed by atoms with Gasteiger partial charge in [-0.25, -0.2) is 4.98 Å². The highest BCUT2D eigenvalue weighted by Gasteiger charge is 2.35. The minimum atomic E-state index is -4.76. The number of alkyl halides is 6. The number of hydrogen-bond donors (Lipinski definition) is 1. The largest absolute Gasteiger partial charge is 0.433 e. The number of hydrogen-bond acceptors (Lipinski definition) is 4. The molecule has 0 atom stereocenters. The Labute approximate surface area is 110 Å². The Morgan fingerprint density at radius 2 is 1.75 bits per heavy atom. The molecule has 0 fully saturated rings. The summed E-state index contributed by atoms with van der Waals surface area (Å²) in [5, 5.41) is 2.45. The topological polar surface area (TPSA) is 41.1 Å². The average Bonchev–Trinajstić information content (AvgIpc) is 2.25. The molecule has 0 aromatic carbocycles. The van der Waals surface area contributed by atoms with Crippen molar-refractivity contribution >= 4 is 11.8 Å². The molecular weight excluding hydrogens is 290 g/mol. The predicted molar refractivity (Wildman–Crippen MR) is 60.5 cm³/mol. The summed E-state index contributed by atoms with van der Waals surface area (Å²) in [5.74, 6) is -0.827. The molecule has 0 saturated carbocycles. The molecule has 0 radical (unpaired) electrons. The van der Waals surface area contributed by atoms with E-state index in [9.17, 15) is 26.3 Å². The van der Waals surface area contributed by atoms with Crippen molar-refractivity contribution in [2.45, 2.75) is 19.3 Å². The molecule has 1 rings (SSSR count). The van der Waals surface area contributed by atoms with E-state index < -0.39 is 30.4 Å². The lowest BCUT2D eigenvalue weighted by Gasteiger charge is -2.21. The SMILES string of the molecule is CCNc1nc(N(C)CC(F)(F)F)cc(C(F)(F)F)n1. The van der Waals surface area contributed by atoms with Gasteiger partial charge in [-0.1, -0.05) is 0 Å². The van der Waals surface area contributed by atoms with Crippen molar-refractivity contribution in [1.82, 2.24) is 9.97 Å². The summed E-state index contributed by atoms with van der Waals surface area (Å²) in [5.41, 5.74) is -1.30. The zero-order valence-corrected chi connectivity index (χ0v) is 10.6. The zero-order valence-electron chi connectivity index (χ0n) is 10.6. The van der Waals surface area contributed by atoms with Crippen molar-refractivity contribution in [3.63, 3.8) is 0 Å². The fraction of sp³-hybridized carbons (Fsp3) is 0.600. The van der Waals surface area contributed by atoms with E-state index in [0.29, 0.717) is 11.0 Å². The van der Waals surface area contributed by atoms with Crippen LogP contribution in [0.25, 0.3) is 0 Å². The standard InChI is InChI=1S/C10H12F6N4/c1-3-17-8-18-6(10(14,15)16)4-7(19-8)20(2)5-9(11,12)13/h4H,3,5H2,1-2H3,(H,17,18,19). The van der Waals surface area contributed by atoms with Crippen LogP contribution in [0.1, 0.15) is 12.6 Å². The molecule has 0 aliphatic rings. The predicted octanol–water partition coefficient (Wildman–Crippen LogP) is 2.93. The van der Waals surface area contributed by atoms with E-state index in [1.54, 1.807) is 6.92 Å². The van der Waals surface area contributed by atoms with Crippen LogP contribution in [0.3, 0.4) is 0 Å². The first kappa shape index (κ1) is 16.3. The van der Waals surface area contributed by atoms with Gasteiger partial charge in [0.2, 0.25) is 5.95 Å². The van der Waals surface area contributed by atoms with Crippen molar-refractivity contribution in [2.24, 2.45) is 0 Å². The van der Waals surface area contributed by atoms with E-state index in [1.165, 1.54) is 0 Å². The van der Waals surface area contributed by atoms with Crippen LogP contribution in [0.5, 0.6) is 0 Å². The summed E-state index contributed by atoms with van der Waals surface area (Å²) in [6.07, 6.45) is -9.31. The number of halogens is 6. The highest BCUT2D eigenvalue weighted by molar-refractivity contribution is 5.45. The molecule has 1 aromatic heterocycles. The Morgan fingerprint density at radius 3 is 2.20 bits per heavy atom. The van der Waals surface area contributed by atoms with Gasteiger partial charge < -0.3 is 10.2 Å². The molecule has 0 amide bonds. The third-order valence-electron chi connectivity index (χ3n) is 2.15.